The summed E-state index contributed by atoms with van der Waals surface area (Å²) in [6, 6.07) is 7.77. The number of benzene rings is 1. The molecule has 2 atom stereocenters. The van der Waals surface area contributed by atoms with Crippen molar-refractivity contribution in [2.75, 3.05) is 19.6 Å². The first kappa shape index (κ1) is 14.7. The van der Waals surface area contributed by atoms with Crippen LogP contribution in [-0.2, 0) is 4.79 Å². The molecule has 1 saturated heterocycles. The molecule has 1 N–H and O–H groups in total. The number of carbonyl (C=O) groups excluding carboxylic acids is 1. The third-order valence-corrected chi connectivity index (χ3v) is 4.92. The number of likely N-dealkylation sites (N-methyl/N-ethyl adjacent to an activating group) is 1. The van der Waals surface area contributed by atoms with Gasteiger partial charge in [0.1, 0.15) is 5.37 Å². The van der Waals surface area contributed by atoms with Crippen LogP contribution >= 0.6 is 23.4 Å². The molecule has 1 aliphatic heterocycles. The zero-order valence-electron chi connectivity index (χ0n) is 11.2. The van der Waals surface area contributed by atoms with Crippen LogP contribution in [0.1, 0.15) is 24.8 Å². The van der Waals surface area contributed by atoms with E-state index >= 15 is 0 Å². The van der Waals surface area contributed by atoms with Crippen molar-refractivity contribution >= 4 is 29.3 Å². The quantitative estimate of drug-likeness (QED) is 0.848. The standard InChI is InChI=1S/C14H19ClN2OS/c1-3-16-8-9-17-13(18)10(2)19-14(17)11-6-4-5-7-12(11)15/h4-7,10,14,16H,3,8-9H2,1-2H3/t10-,14-/m0/s1. The molecule has 0 unspecified atom stereocenters. The summed E-state index contributed by atoms with van der Waals surface area (Å²) in [6.45, 7) is 6.48. The third-order valence-electron chi connectivity index (χ3n) is 3.20. The van der Waals surface area contributed by atoms with E-state index in [1.54, 1.807) is 11.8 Å². The average Bonchev–Trinajstić information content (AvgIpc) is 2.68. The van der Waals surface area contributed by atoms with Crippen molar-refractivity contribution in [1.29, 1.82) is 0 Å². The van der Waals surface area contributed by atoms with Gasteiger partial charge in [-0.2, -0.15) is 0 Å². The Morgan fingerprint density at radius 1 is 1.42 bits per heavy atom. The van der Waals surface area contributed by atoms with Gasteiger partial charge in [-0.25, -0.2) is 0 Å². The molecule has 0 aromatic heterocycles. The van der Waals surface area contributed by atoms with Gasteiger partial charge in [0.2, 0.25) is 5.91 Å². The molecule has 1 aromatic carbocycles. The first-order valence-electron chi connectivity index (χ1n) is 6.56. The zero-order chi connectivity index (χ0) is 13.8. The first-order valence-corrected chi connectivity index (χ1v) is 7.88. The molecule has 19 heavy (non-hydrogen) atoms. The van der Waals surface area contributed by atoms with Gasteiger partial charge in [-0.15, -0.1) is 11.8 Å². The number of hydrogen-bond donors (Lipinski definition) is 1. The highest BCUT2D eigenvalue weighted by Crippen LogP contribution is 2.44. The summed E-state index contributed by atoms with van der Waals surface area (Å²) >= 11 is 7.93. The van der Waals surface area contributed by atoms with Crippen molar-refractivity contribution in [1.82, 2.24) is 10.2 Å². The number of hydrogen-bond acceptors (Lipinski definition) is 3. The molecule has 1 aliphatic rings. The molecule has 1 amide bonds. The number of amides is 1. The number of nitrogens with one attached hydrogen (secondary N) is 1. The summed E-state index contributed by atoms with van der Waals surface area (Å²) < 4.78 is 0. The predicted octanol–water partition coefficient (Wildman–Crippen LogP) is 2.91. The highest BCUT2D eigenvalue weighted by atomic mass is 35.5. The third kappa shape index (κ3) is 3.25. The Balaban J connectivity index is 2.17. The summed E-state index contributed by atoms with van der Waals surface area (Å²) in [6.07, 6.45) is 0. The van der Waals surface area contributed by atoms with Crippen LogP contribution in [0.2, 0.25) is 5.02 Å². The van der Waals surface area contributed by atoms with E-state index in [4.69, 9.17) is 11.6 Å². The molecule has 3 nitrogen and oxygen atoms in total. The van der Waals surface area contributed by atoms with Gasteiger partial charge in [-0.3, -0.25) is 4.79 Å². The lowest BCUT2D eigenvalue weighted by atomic mass is 10.2. The Morgan fingerprint density at radius 3 is 2.84 bits per heavy atom. The molecule has 0 saturated carbocycles. The summed E-state index contributed by atoms with van der Waals surface area (Å²) in [4.78, 5) is 14.2. The minimum absolute atomic E-state index is 0.00268. The van der Waals surface area contributed by atoms with E-state index in [1.807, 2.05) is 36.1 Å². The van der Waals surface area contributed by atoms with Crippen LogP contribution in [0.3, 0.4) is 0 Å². The van der Waals surface area contributed by atoms with Crippen molar-refractivity contribution in [3.63, 3.8) is 0 Å². The van der Waals surface area contributed by atoms with E-state index in [0.29, 0.717) is 0 Å². The summed E-state index contributed by atoms with van der Waals surface area (Å²) in [5, 5.41) is 4.03. The average molecular weight is 299 g/mol. The second-order valence-corrected chi connectivity index (χ2v) is 6.37. The van der Waals surface area contributed by atoms with Gasteiger partial charge in [-0.1, -0.05) is 36.7 Å². The van der Waals surface area contributed by atoms with Crippen LogP contribution in [0.5, 0.6) is 0 Å². The highest BCUT2D eigenvalue weighted by molar-refractivity contribution is 8.01. The second kappa shape index (κ2) is 6.64. The van der Waals surface area contributed by atoms with Crippen molar-refractivity contribution in [3.8, 4) is 0 Å². The molecule has 5 heteroatoms. The number of carbonyl (C=O) groups is 1. The van der Waals surface area contributed by atoms with Gasteiger partial charge in [0.15, 0.2) is 0 Å². The Bertz CT molecular complexity index is 455. The van der Waals surface area contributed by atoms with Crippen molar-refractivity contribution in [3.05, 3.63) is 34.9 Å². The van der Waals surface area contributed by atoms with Gasteiger partial charge in [0.25, 0.3) is 0 Å². The van der Waals surface area contributed by atoms with E-state index < -0.39 is 0 Å². The van der Waals surface area contributed by atoms with Gasteiger partial charge >= 0.3 is 0 Å². The fourth-order valence-electron chi connectivity index (χ4n) is 2.19. The van der Waals surface area contributed by atoms with E-state index in [0.717, 1.165) is 30.2 Å². The van der Waals surface area contributed by atoms with Gasteiger partial charge in [-0.05, 0) is 19.5 Å². The number of nitrogens with zero attached hydrogens (tertiary/aromatic N) is 1. The number of thioether (sulfide) groups is 1. The topological polar surface area (TPSA) is 32.3 Å². The van der Waals surface area contributed by atoms with Crippen LogP contribution in [0.4, 0.5) is 0 Å². The van der Waals surface area contributed by atoms with Crippen LogP contribution in [0, 0.1) is 0 Å². The highest BCUT2D eigenvalue weighted by Gasteiger charge is 2.38. The van der Waals surface area contributed by atoms with E-state index in [1.165, 1.54) is 0 Å². The molecular weight excluding hydrogens is 280 g/mol. The summed E-state index contributed by atoms with van der Waals surface area (Å²) in [5.41, 5.74) is 1.03. The summed E-state index contributed by atoms with van der Waals surface area (Å²) in [7, 11) is 0. The Kier molecular flexibility index (Phi) is 5.13. The fourth-order valence-corrected chi connectivity index (χ4v) is 3.85. The minimum atomic E-state index is 0.00268. The lowest BCUT2D eigenvalue weighted by Crippen LogP contribution is -2.36. The van der Waals surface area contributed by atoms with Crippen molar-refractivity contribution in [2.45, 2.75) is 24.5 Å². The number of rotatable bonds is 5. The Hall–Kier alpha value is -0.710. The second-order valence-electron chi connectivity index (χ2n) is 4.54. The molecule has 2 rings (SSSR count). The maximum atomic E-state index is 12.2. The lowest BCUT2D eigenvalue weighted by Gasteiger charge is -2.25. The van der Waals surface area contributed by atoms with E-state index in [2.05, 4.69) is 12.2 Å². The smallest absolute Gasteiger partial charge is 0.236 e. The van der Waals surface area contributed by atoms with Gasteiger partial charge in [0.05, 0.1) is 5.25 Å². The predicted molar refractivity (Wildman–Crippen MR) is 81.5 cm³/mol. The molecule has 1 heterocycles. The van der Waals surface area contributed by atoms with Gasteiger partial charge < -0.3 is 10.2 Å². The monoisotopic (exact) mass is 298 g/mol. The Labute approximate surface area is 123 Å². The molecule has 0 radical (unpaired) electrons. The van der Waals surface area contributed by atoms with Crippen molar-refractivity contribution < 1.29 is 4.79 Å². The molecule has 104 valence electrons. The maximum absolute atomic E-state index is 12.2. The molecule has 1 fully saturated rings. The summed E-state index contributed by atoms with van der Waals surface area (Å²) in [5.74, 6) is 0.202. The molecule has 0 aliphatic carbocycles. The van der Waals surface area contributed by atoms with Crippen molar-refractivity contribution in [2.24, 2.45) is 0 Å². The van der Waals surface area contributed by atoms with Crippen LogP contribution in [0.25, 0.3) is 0 Å². The van der Waals surface area contributed by atoms with E-state index in [9.17, 15) is 4.79 Å². The maximum Gasteiger partial charge on any atom is 0.236 e. The first-order chi connectivity index (χ1) is 9.15. The zero-order valence-corrected chi connectivity index (χ0v) is 12.8. The minimum Gasteiger partial charge on any atom is -0.324 e. The van der Waals surface area contributed by atoms with Crippen LogP contribution in [0.15, 0.2) is 24.3 Å². The largest absolute Gasteiger partial charge is 0.324 e. The lowest BCUT2D eigenvalue weighted by molar-refractivity contribution is -0.129. The normalized spacial score (nSPS) is 23.1. The molecule has 0 bridgehead atoms. The van der Waals surface area contributed by atoms with E-state index in [-0.39, 0.29) is 16.5 Å². The van der Waals surface area contributed by atoms with Crippen LogP contribution in [-0.4, -0.2) is 35.7 Å². The van der Waals surface area contributed by atoms with Crippen LogP contribution < -0.4 is 5.32 Å². The molecular formula is C14H19ClN2OS. The Morgan fingerprint density at radius 2 is 2.16 bits per heavy atom. The fraction of sp³-hybridized carbons (Fsp3) is 0.500. The number of halogens is 1. The molecule has 0 spiro atoms. The molecule has 1 aromatic rings. The van der Waals surface area contributed by atoms with Gasteiger partial charge in [0, 0.05) is 23.7 Å². The SMILES string of the molecule is CCNCCN1C(=O)[C@H](C)S[C@H]1c1ccccc1Cl.